The van der Waals surface area contributed by atoms with Crippen molar-refractivity contribution in [1.29, 1.82) is 0 Å². The van der Waals surface area contributed by atoms with Crippen LogP contribution in [0.25, 0.3) is 11.1 Å². The van der Waals surface area contributed by atoms with Crippen molar-refractivity contribution >= 4 is 36.9 Å². The lowest BCUT2D eigenvalue weighted by Crippen LogP contribution is -2.15. The number of para-hydroxylation sites is 1. The van der Waals surface area contributed by atoms with Gasteiger partial charge in [-0.15, -0.1) is 0 Å². The fourth-order valence-corrected chi connectivity index (χ4v) is 2.67. The van der Waals surface area contributed by atoms with Crippen LogP contribution in [0.15, 0.2) is 27.1 Å². The van der Waals surface area contributed by atoms with Gasteiger partial charge in [0.15, 0.2) is 5.58 Å². The predicted octanol–water partition coefficient (Wildman–Crippen LogP) is 2.02. The normalized spacial score (nSPS) is 13.9. The van der Waals surface area contributed by atoms with E-state index < -0.39 is 15.9 Å². The zero-order valence-electron chi connectivity index (χ0n) is 9.76. The lowest BCUT2D eigenvalue weighted by atomic mass is 10.2. The molecular weight excluding hydrogens is 320 g/mol. The van der Waals surface area contributed by atoms with Gasteiger partial charge in [0.05, 0.1) is 16.3 Å². The third-order valence-electron chi connectivity index (χ3n) is 2.50. The molecule has 0 aliphatic carbocycles. The van der Waals surface area contributed by atoms with Gasteiger partial charge in [0.25, 0.3) is 0 Å². The summed E-state index contributed by atoms with van der Waals surface area (Å²) in [7, 11) is -3.02. The van der Waals surface area contributed by atoms with Crippen LogP contribution >= 0.6 is 15.9 Å². The number of fused-ring (bicyclic) bond motifs is 1. The molecule has 1 aromatic heterocycles. The Bertz CT molecular complexity index is 666. The average molecular weight is 333 g/mol. The smallest absolute Gasteiger partial charge is 0.212 e. The minimum Gasteiger partial charge on any atom is -0.438 e. The molecule has 18 heavy (non-hydrogen) atoms. The van der Waals surface area contributed by atoms with Crippen LogP contribution in [0.4, 0.5) is 0 Å². The molecular formula is C11H13BrN2O3S. The molecule has 0 aliphatic heterocycles. The zero-order valence-corrected chi connectivity index (χ0v) is 12.2. The molecule has 1 heterocycles. The summed E-state index contributed by atoms with van der Waals surface area (Å²) >= 11 is 3.36. The SMILES string of the molecule is CS(=O)(=O)CCC(N)c1nc2cccc(Br)c2o1. The van der Waals surface area contributed by atoms with E-state index in [1.165, 1.54) is 6.26 Å². The second-order valence-corrected chi connectivity index (χ2v) is 7.28. The quantitative estimate of drug-likeness (QED) is 0.925. The number of nitrogens with zero attached hydrogens (tertiary/aromatic N) is 1. The van der Waals surface area contributed by atoms with E-state index >= 15 is 0 Å². The van der Waals surface area contributed by atoms with Gasteiger partial charge in [-0.3, -0.25) is 0 Å². The van der Waals surface area contributed by atoms with E-state index in [1.807, 2.05) is 18.2 Å². The second-order valence-electron chi connectivity index (χ2n) is 4.17. The number of halogens is 1. The summed E-state index contributed by atoms with van der Waals surface area (Å²) < 4.78 is 28.5. The molecule has 0 amide bonds. The Morgan fingerprint density at radius 3 is 2.83 bits per heavy atom. The van der Waals surface area contributed by atoms with Gasteiger partial charge < -0.3 is 10.2 Å². The number of oxazole rings is 1. The summed E-state index contributed by atoms with van der Waals surface area (Å²) in [4.78, 5) is 4.26. The summed E-state index contributed by atoms with van der Waals surface area (Å²) in [6, 6.07) is 5.00. The van der Waals surface area contributed by atoms with Crippen molar-refractivity contribution in [2.75, 3.05) is 12.0 Å². The highest BCUT2D eigenvalue weighted by Crippen LogP contribution is 2.27. The first kappa shape index (κ1) is 13.5. The van der Waals surface area contributed by atoms with Crippen LogP contribution in [0, 0.1) is 0 Å². The number of benzene rings is 1. The summed E-state index contributed by atoms with van der Waals surface area (Å²) in [5.41, 5.74) is 7.21. The van der Waals surface area contributed by atoms with Gasteiger partial charge in [0.1, 0.15) is 15.4 Å². The van der Waals surface area contributed by atoms with Crippen molar-refractivity contribution in [3.8, 4) is 0 Å². The van der Waals surface area contributed by atoms with Gasteiger partial charge in [-0.1, -0.05) is 6.07 Å². The van der Waals surface area contributed by atoms with Crippen molar-refractivity contribution in [2.45, 2.75) is 12.5 Å². The summed E-state index contributed by atoms with van der Waals surface area (Å²) in [6.45, 7) is 0. The maximum atomic E-state index is 11.1. The number of hydrogen-bond acceptors (Lipinski definition) is 5. The molecule has 1 atom stereocenters. The maximum Gasteiger partial charge on any atom is 0.212 e. The Hall–Kier alpha value is -0.920. The Kier molecular flexibility index (Phi) is 3.74. The first-order valence-corrected chi connectivity index (χ1v) is 8.20. The molecule has 0 fully saturated rings. The largest absolute Gasteiger partial charge is 0.438 e. The van der Waals surface area contributed by atoms with E-state index in [0.717, 1.165) is 4.47 Å². The number of hydrogen-bond donors (Lipinski definition) is 1. The van der Waals surface area contributed by atoms with Crippen LogP contribution in [0.5, 0.6) is 0 Å². The van der Waals surface area contributed by atoms with Crippen LogP contribution in [0.3, 0.4) is 0 Å². The molecule has 7 heteroatoms. The summed E-state index contributed by atoms with van der Waals surface area (Å²) in [5, 5.41) is 0. The van der Waals surface area contributed by atoms with Crippen LogP contribution in [-0.4, -0.2) is 25.4 Å². The van der Waals surface area contributed by atoms with E-state index in [0.29, 0.717) is 23.4 Å². The molecule has 2 rings (SSSR count). The summed E-state index contributed by atoms with van der Waals surface area (Å²) in [5.74, 6) is 0.384. The van der Waals surface area contributed by atoms with Crippen molar-refractivity contribution in [3.63, 3.8) is 0 Å². The van der Waals surface area contributed by atoms with Crippen molar-refractivity contribution < 1.29 is 12.8 Å². The van der Waals surface area contributed by atoms with Crippen molar-refractivity contribution in [3.05, 3.63) is 28.6 Å². The highest BCUT2D eigenvalue weighted by Gasteiger charge is 2.17. The molecule has 1 unspecified atom stereocenters. The maximum absolute atomic E-state index is 11.1. The highest BCUT2D eigenvalue weighted by molar-refractivity contribution is 9.10. The molecule has 2 N–H and O–H groups in total. The monoisotopic (exact) mass is 332 g/mol. The van der Waals surface area contributed by atoms with Gasteiger partial charge >= 0.3 is 0 Å². The average Bonchev–Trinajstić information content (AvgIpc) is 2.70. The first-order valence-electron chi connectivity index (χ1n) is 5.35. The third kappa shape index (κ3) is 3.09. The number of aromatic nitrogens is 1. The molecule has 0 radical (unpaired) electrons. The minimum absolute atomic E-state index is 0.0219. The second kappa shape index (κ2) is 4.99. The van der Waals surface area contributed by atoms with E-state index in [-0.39, 0.29) is 5.75 Å². The van der Waals surface area contributed by atoms with E-state index in [9.17, 15) is 8.42 Å². The molecule has 0 aliphatic rings. The molecule has 98 valence electrons. The zero-order chi connectivity index (χ0) is 13.3. The van der Waals surface area contributed by atoms with E-state index in [1.54, 1.807) is 0 Å². The molecule has 0 saturated carbocycles. The predicted molar refractivity (Wildman–Crippen MR) is 73.0 cm³/mol. The highest BCUT2D eigenvalue weighted by atomic mass is 79.9. The fraction of sp³-hybridized carbons (Fsp3) is 0.364. The van der Waals surface area contributed by atoms with Crippen LogP contribution in [0.1, 0.15) is 18.4 Å². The van der Waals surface area contributed by atoms with Crippen LogP contribution < -0.4 is 5.73 Å². The molecule has 0 spiro atoms. The minimum atomic E-state index is -3.02. The molecule has 2 aromatic rings. The van der Waals surface area contributed by atoms with E-state index in [2.05, 4.69) is 20.9 Å². The van der Waals surface area contributed by atoms with Gasteiger partial charge in [0.2, 0.25) is 5.89 Å². The van der Waals surface area contributed by atoms with E-state index in [4.69, 9.17) is 10.2 Å². The van der Waals surface area contributed by atoms with Gasteiger partial charge in [0, 0.05) is 6.26 Å². The van der Waals surface area contributed by atoms with Gasteiger partial charge in [-0.2, -0.15) is 0 Å². The van der Waals surface area contributed by atoms with Gasteiger partial charge in [-0.05, 0) is 34.5 Å². The Labute approximate surface area is 113 Å². The fourth-order valence-electron chi connectivity index (χ4n) is 1.56. The lowest BCUT2D eigenvalue weighted by Gasteiger charge is -2.05. The Balaban J connectivity index is 2.23. The molecule has 1 aromatic carbocycles. The summed E-state index contributed by atoms with van der Waals surface area (Å²) in [6.07, 6.45) is 1.48. The lowest BCUT2D eigenvalue weighted by molar-refractivity contribution is 0.467. The number of nitrogens with two attached hydrogens (primary N) is 1. The molecule has 0 bridgehead atoms. The number of rotatable bonds is 4. The third-order valence-corrected chi connectivity index (χ3v) is 4.10. The molecule has 0 saturated heterocycles. The number of sulfone groups is 1. The standard InChI is InChI=1S/C11H13BrN2O3S/c1-18(15,16)6-5-8(13)11-14-9-4-2-3-7(12)10(9)17-11/h2-4,8H,5-6,13H2,1H3. The van der Waals surface area contributed by atoms with Crippen LogP contribution in [0.2, 0.25) is 0 Å². The Morgan fingerprint density at radius 1 is 1.50 bits per heavy atom. The van der Waals surface area contributed by atoms with Gasteiger partial charge in [-0.25, -0.2) is 13.4 Å². The topological polar surface area (TPSA) is 86.2 Å². The first-order chi connectivity index (χ1) is 8.37. The van der Waals surface area contributed by atoms with Crippen molar-refractivity contribution in [1.82, 2.24) is 4.98 Å². The van der Waals surface area contributed by atoms with Crippen molar-refractivity contribution in [2.24, 2.45) is 5.73 Å². The Morgan fingerprint density at radius 2 is 2.22 bits per heavy atom. The van der Waals surface area contributed by atoms with Crippen LogP contribution in [-0.2, 0) is 9.84 Å². The molecule has 5 nitrogen and oxygen atoms in total.